The molecule has 0 saturated carbocycles. The molecule has 1 aromatic heterocycles. The van der Waals surface area contributed by atoms with Gasteiger partial charge in [-0.25, -0.2) is 4.57 Å². The number of benzene rings is 1. The number of hydrogen-bond acceptors (Lipinski definition) is 6. The van der Waals surface area contributed by atoms with Crippen LogP contribution < -0.4 is 10.0 Å². The predicted molar refractivity (Wildman–Crippen MR) is 113 cm³/mol. The zero-order chi connectivity index (χ0) is 20.9. The summed E-state index contributed by atoms with van der Waals surface area (Å²) in [5.41, 5.74) is 4.56. The van der Waals surface area contributed by atoms with Crippen molar-refractivity contribution < 1.29 is 18.8 Å². The van der Waals surface area contributed by atoms with Crippen LogP contribution in [0.5, 0.6) is 11.5 Å². The van der Waals surface area contributed by atoms with E-state index in [-0.39, 0.29) is 17.6 Å². The Bertz CT molecular complexity index is 856. The molecule has 28 heavy (non-hydrogen) atoms. The quantitative estimate of drug-likeness (QED) is 0.402. The largest absolute Gasteiger partial charge is 0.507 e. The first-order chi connectivity index (χ1) is 13.1. The maximum Gasteiger partial charge on any atom is 0.427 e. The average Bonchev–Trinajstić information content (AvgIpc) is 2.63. The standard InChI is InChI=1S/C21H29N2O4P/c1-14(2)10-20(15(3)4)28(25,27-23-18-8-7-9-22-13-18)26-19-11-16(5)21(24)17(6)12-19/h7-15,23-24H,1-6H3/b20-10+. The van der Waals surface area contributed by atoms with Gasteiger partial charge in [-0.1, -0.05) is 33.8 Å². The summed E-state index contributed by atoms with van der Waals surface area (Å²) in [4.78, 5) is 4.02. The SMILES string of the molecule is Cc1cc(OP(=O)(ONc2cccnc2)/C(=C/C(C)C)C(C)C)cc(C)c1O. The topological polar surface area (TPSA) is 80.7 Å². The third-order valence-corrected chi connectivity index (χ3v) is 6.13. The van der Waals surface area contributed by atoms with E-state index in [1.807, 2.05) is 33.8 Å². The highest BCUT2D eigenvalue weighted by atomic mass is 31.2. The van der Waals surface area contributed by atoms with E-state index in [2.05, 4.69) is 10.5 Å². The predicted octanol–water partition coefficient (Wildman–Crippen LogP) is 6.22. The molecule has 1 unspecified atom stereocenters. The molecule has 1 atom stereocenters. The van der Waals surface area contributed by atoms with Crippen molar-refractivity contribution in [3.8, 4) is 11.5 Å². The molecule has 2 aromatic rings. The number of aryl methyl sites for hydroxylation is 2. The van der Waals surface area contributed by atoms with Crippen LogP contribution in [-0.4, -0.2) is 10.1 Å². The monoisotopic (exact) mass is 404 g/mol. The highest BCUT2D eigenvalue weighted by Crippen LogP contribution is 2.58. The van der Waals surface area contributed by atoms with Crippen molar-refractivity contribution >= 4 is 13.3 Å². The third kappa shape index (κ3) is 5.60. The lowest BCUT2D eigenvalue weighted by Gasteiger charge is -2.25. The molecule has 0 aliphatic rings. The van der Waals surface area contributed by atoms with Gasteiger partial charge >= 0.3 is 7.60 Å². The molecular formula is C21H29N2O4P. The van der Waals surface area contributed by atoms with Crippen LogP contribution in [0.1, 0.15) is 38.8 Å². The second-order valence-electron chi connectivity index (χ2n) is 7.42. The van der Waals surface area contributed by atoms with Gasteiger partial charge in [0.05, 0.1) is 17.2 Å². The van der Waals surface area contributed by atoms with Crippen molar-refractivity contribution in [2.45, 2.75) is 41.5 Å². The van der Waals surface area contributed by atoms with Crippen LogP contribution in [0.25, 0.3) is 0 Å². The number of anilines is 1. The number of rotatable bonds is 8. The van der Waals surface area contributed by atoms with Gasteiger partial charge in [-0.15, -0.1) is 0 Å². The second kappa shape index (κ2) is 9.26. The molecule has 0 saturated heterocycles. The van der Waals surface area contributed by atoms with Gasteiger partial charge in [0.1, 0.15) is 11.5 Å². The molecule has 0 aliphatic heterocycles. The lowest BCUT2D eigenvalue weighted by Crippen LogP contribution is -2.10. The molecule has 0 bridgehead atoms. The number of aromatic nitrogens is 1. The fourth-order valence-electron chi connectivity index (χ4n) is 2.71. The Morgan fingerprint density at radius 1 is 1.21 bits per heavy atom. The summed E-state index contributed by atoms with van der Waals surface area (Å²) in [6.07, 6.45) is 5.12. The fourth-order valence-corrected chi connectivity index (χ4v) is 4.68. The molecule has 0 spiro atoms. The lowest BCUT2D eigenvalue weighted by molar-refractivity contribution is 0.320. The van der Waals surface area contributed by atoms with E-state index in [0.29, 0.717) is 27.9 Å². The Morgan fingerprint density at radius 3 is 2.36 bits per heavy atom. The van der Waals surface area contributed by atoms with Gasteiger partial charge in [0.2, 0.25) is 0 Å². The van der Waals surface area contributed by atoms with Crippen molar-refractivity contribution in [1.82, 2.24) is 4.98 Å². The highest BCUT2D eigenvalue weighted by molar-refractivity contribution is 7.58. The number of hydrogen-bond donors (Lipinski definition) is 2. The summed E-state index contributed by atoms with van der Waals surface area (Å²) in [5, 5.41) is 10.6. The number of nitrogens with one attached hydrogen (secondary N) is 1. The summed E-state index contributed by atoms with van der Waals surface area (Å²) >= 11 is 0. The first-order valence-corrected chi connectivity index (χ1v) is 10.8. The normalized spacial score (nSPS) is 14.2. The molecule has 1 aromatic carbocycles. The Hall–Kier alpha value is -2.30. The molecule has 0 radical (unpaired) electrons. The minimum absolute atomic E-state index is 0.0526. The summed E-state index contributed by atoms with van der Waals surface area (Å²) in [6.45, 7) is 11.5. The fraction of sp³-hybridized carbons (Fsp3) is 0.381. The maximum atomic E-state index is 13.9. The summed E-state index contributed by atoms with van der Waals surface area (Å²) in [6, 6.07) is 6.80. The summed E-state index contributed by atoms with van der Waals surface area (Å²) in [5.74, 6) is 0.681. The zero-order valence-corrected chi connectivity index (χ0v) is 18.2. The van der Waals surface area contributed by atoms with Crippen LogP contribution in [0, 0.1) is 25.7 Å². The first-order valence-electron chi connectivity index (χ1n) is 9.29. The Balaban J connectivity index is 2.44. The molecule has 2 N–H and O–H groups in total. The number of phenolic OH excluding ortho intramolecular Hbond substituents is 1. The van der Waals surface area contributed by atoms with Crippen LogP contribution in [0.4, 0.5) is 5.69 Å². The van der Waals surface area contributed by atoms with Crippen molar-refractivity contribution in [1.29, 1.82) is 0 Å². The van der Waals surface area contributed by atoms with Crippen LogP contribution in [0.15, 0.2) is 48.0 Å². The second-order valence-corrected chi connectivity index (χ2v) is 9.30. The van der Waals surface area contributed by atoms with Gasteiger partial charge in [-0.05, 0) is 61.1 Å². The molecule has 6 nitrogen and oxygen atoms in total. The van der Waals surface area contributed by atoms with Crippen molar-refractivity contribution in [2.75, 3.05) is 5.48 Å². The van der Waals surface area contributed by atoms with E-state index in [0.717, 1.165) is 0 Å². The number of allylic oxidation sites excluding steroid dienone is 2. The summed E-state index contributed by atoms with van der Waals surface area (Å²) in [7, 11) is -3.74. The van der Waals surface area contributed by atoms with Gasteiger partial charge in [0, 0.05) is 6.20 Å². The van der Waals surface area contributed by atoms with Gasteiger partial charge < -0.3 is 9.63 Å². The molecule has 2 rings (SSSR count). The van der Waals surface area contributed by atoms with Gasteiger partial charge in [-0.2, -0.15) is 4.62 Å². The molecule has 152 valence electrons. The van der Waals surface area contributed by atoms with Gasteiger partial charge in [-0.3, -0.25) is 10.5 Å². The number of phenols is 1. The Morgan fingerprint density at radius 2 is 1.86 bits per heavy atom. The highest BCUT2D eigenvalue weighted by Gasteiger charge is 2.35. The Labute approximate surface area is 167 Å². The summed E-state index contributed by atoms with van der Waals surface area (Å²) < 4.78 is 25.5. The van der Waals surface area contributed by atoms with Crippen LogP contribution in [-0.2, 0) is 9.19 Å². The Kier molecular flexibility index (Phi) is 7.28. The van der Waals surface area contributed by atoms with Crippen molar-refractivity contribution in [3.05, 3.63) is 59.2 Å². The minimum Gasteiger partial charge on any atom is -0.507 e. The van der Waals surface area contributed by atoms with Crippen molar-refractivity contribution in [3.63, 3.8) is 0 Å². The van der Waals surface area contributed by atoms with Crippen molar-refractivity contribution in [2.24, 2.45) is 11.8 Å². The average molecular weight is 404 g/mol. The number of aromatic hydroxyl groups is 1. The molecule has 1 heterocycles. The van der Waals surface area contributed by atoms with Crippen LogP contribution in [0.3, 0.4) is 0 Å². The van der Waals surface area contributed by atoms with E-state index in [1.165, 1.54) is 0 Å². The van der Waals surface area contributed by atoms with E-state index >= 15 is 0 Å². The number of nitrogens with zero attached hydrogens (tertiary/aromatic N) is 1. The van der Waals surface area contributed by atoms with E-state index in [4.69, 9.17) is 9.15 Å². The minimum atomic E-state index is -3.74. The first kappa shape index (κ1) is 22.0. The zero-order valence-electron chi connectivity index (χ0n) is 17.3. The molecular weight excluding hydrogens is 375 g/mol. The molecule has 7 heteroatoms. The van der Waals surface area contributed by atoms with Gasteiger partial charge in [0.25, 0.3) is 0 Å². The molecule has 0 aliphatic carbocycles. The smallest absolute Gasteiger partial charge is 0.427 e. The third-order valence-electron chi connectivity index (χ3n) is 4.05. The van der Waals surface area contributed by atoms with Crippen LogP contribution >= 0.6 is 7.60 Å². The maximum absolute atomic E-state index is 13.9. The van der Waals surface area contributed by atoms with Gasteiger partial charge in [0.15, 0.2) is 0 Å². The van der Waals surface area contributed by atoms with E-state index in [1.54, 1.807) is 50.5 Å². The number of pyridine rings is 1. The molecule has 0 fully saturated rings. The molecule has 0 amide bonds. The van der Waals surface area contributed by atoms with Crippen LogP contribution in [0.2, 0.25) is 0 Å². The van der Waals surface area contributed by atoms with E-state index in [9.17, 15) is 9.67 Å². The lowest BCUT2D eigenvalue weighted by atomic mass is 10.1. The van der Waals surface area contributed by atoms with E-state index < -0.39 is 7.60 Å².